The zero-order valence-electron chi connectivity index (χ0n) is 10.6. The van der Waals surface area contributed by atoms with Crippen LogP contribution in [0.15, 0.2) is 0 Å². The summed E-state index contributed by atoms with van der Waals surface area (Å²) in [5, 5.41) is 0. The van der Waals surface area contributed by atoms with Gasteiger partial charge in [-0.2, -0.15) is 0 Å². The number of rotatable bonds is 7. The maximum absolute atomic E-state index is 5.68. The molecule has 0 aliphatic carbocycles. The molecule has 0 spiro atoms. The van der Waals surface area contributed by atoms with Crippen LogP contribution in [0.4, 0.5) is 0 Å². The maximum atomic E-state index is 5.68. The molecule has 0 aliphatic heterocycles. The quantitative estimate of drug-likeness (QED) is 0.611. The Morgan fingerprint density at radius 1 is 1.07 bits per heavy atom. The maximum Gasteiger partial charge on any atom is 0.0573 e. The fourth-order valence-electron chi connectivity index (χ4n) is 1.71. The molecule has 2 nitrogen and oxygen atoms in total. The fourth-order valence-corrected chi connectivity index (χ4v) is 3.84. The van der Waals surface area contributed by atoms with Gasteiger partial charge in [-0.25, -0.2) is 0 Å². The van der Waals surface area contributed by atoms with E-state index in [9.17, 15) is 0 Å². The Morgan fingerprint density at radius 3 is 2.00 bits per heavy atom. The highest BCUT2D eigenvalue weighted by molar-refractivity contribution is 6.77. The first-order valence-corrected chi connectivity index (χ1v) is 9.20. The molecule has 0 aromatic heterocycles. The van der Waals surface area contributed by atoms with Gasteiger partial charge in [0.05, 0.1) is 14.2 Å². The van der Waals surface area contributed by atoms with Gasteiger partial charge in [-0.15, -0.1) is 0 Å². The summed E-state index contributed by atoms with van der Waals surface area (Å²) < 4.78 is 11.2. The molecule has 2 unspecified atom stereocenters. The SMILES string of the molecule is CCOCC(C(C)OCC)[Si](C)(C)C. The second kappa shape index (κ2) is 6.59. The summed E-state index contributed by atoms with van der Waals surface area (Å²) in [7, 11) is -1.17. The van der Waals surface area contributed by atoms with Gasteiger partial charge in [0.15, 0.2) is 0 Å². The fraction of sp³-hybridized carbons (Fsp3) is 1.00. The highest BCUT2D eigenvalue weighted by Crippen LogP contribution is 2.27. The van der Waals surface area contributed by atoms with Crippen molar-refractivity contribution < 1.29 is 9.47 Å². The molecule has 0 radical (unpaired) electrons. The Morgan fingerprint density at radius 2 is 1.64 bits per heavy atom. The first-order valence-electron chi connectivity index (χ1n) is 5.62. The minimum atomic E-state index is -1.17. The molecule has 0 bridgehead atoms. The predicted octanol–water partition coefficient (Wildman–Crippen LogP) is 3.16. The smallest absolute Gasteiger partial charge is 0.0573 e. The van der Waals surface area contributed by atoms with E-state index < -0.39 is 8.07 Å². The average molecular weight is 218 g/mol. The summed E-state index contributed by atoms with van der Waals surface area (Å²) >= 11 is 0. The van der Waals surface area contributed by atoms with Crippen LogP contribution in [0.3, 0.4) is 0 Å². The van der Waals surface area contributed by atoms with E-state index in [1.54, 1.807) is 0 Å². The third-order valence-electron chi connectivity index (χ3n) is 2.61. The lowest BCUT2D eigenvalue weighted by Crippen LogP contribution is -2.39. The standard InChI is InChI=1S/C11H26O2Si/c1-7-12-9-11(14(4,5)6)10(3)13-8-2/h10-11H,7-9H2,1-6H3. The van der Waals surface area contributed by atoms with Crippen molar-refractivity contribution in [1.82, 2.24) is 0 Å². The van der Waals surface area contributed by atoms with Crippen molar-refractivity contribution in [1.29, 1.82) is 0 Å². The second-order valence-corrected chi connectivity index (χ2v) is 10.3. The average Bonchev–Trinajstić information content (AvgIpc) is 2.03. The normalized spacial score (nSPS) is 16.7. The summed E-state index contributed by atoms with van der Waals surface area (Å²) in [5.74, 6) is 0. The molecule has 14 heavy (non-hydrogen) atoms. The molecule has 86 valence electrons. The zero-order chi connectivity index (χ0) is 11.2. The van der Waals surface area contributed by atoms with E-state index in [2.05, 4.69) is 33.5 Å². The topological polar surface area (TPSA) is 18.5 Å². The molecule has 0 aliphatic rings. The van der Waals surface area contributed by atoms with Crippen LogP contribution in [0.25, 0.3) is 0 Å². The third-order valence-corrected chi connectivity index (χ3v) is 5.47. The first kappa shape index (κ1) is 14.1. The van der Waals surface area contributed by atoms with Gasteiger partial charge in [-0.1, -0.05) is 19.6 Å². The summed E-state index contributed by atoms with van der Waals surface area (Å²) in [6.45, 7) is 15.9. The number of hydrogen-bond acceptors (Lipinski definition) is 2. The van der Waals surface area contributed by atoms with Gasteiger partial charge >= 0.3 is 0 Å². The molecule has 0 fully saturated rings. The van der Waals surface area contributed by atoms with Crippen LogP contribution >= 0.6 is 0 Å². The monoisotopic (exact) mass is 218 g/mol. The molecule has 0 heterocycles. The van der Waals surface area contributed by atoms with Crippen molar-refractivity contribution in [3.8, 4) is 0 Å². The van der Waals surface area contributed by atoms with Crippen molar-refractivity contribution in [2.24, 2.45) is 0 Å². The molecule has 0 amide bonds. The van der Waals surface area contributed by atoms with Crippen LogP contribution in [0.5, 0.6) is 0 Å². The van der Waals surface area contributed by atoms with Gasteiger partial charge in [-0.3, -0.25) is 0 Å². The van der Waals surface area contributed by atoms with Crippen molar-refractivity contribution in [3.63, 3.8) is 0 Å². The highest BCUT2D eigenvalue weighted by atomic mass is 28.3. The van der Waals surface area contributed by atoms with E-state index in [0.717, 1.165) is 19.8 Å². The van der Waals surface area contributed by atoms with E-state index in [4.69, 9.17) is 9.47 Å². The Kier molecular flexibility index (Phi) is 6.65. The Bertz CT molecular complexity index is 143. The van der Waals surface area contributed by atoms with E-state index >= 15 is 0 Å². The molecular weight excluding hydrogens is 192 g/mol. The Hall–Kier alpha value is 0.137. The molecule has 0 saturated carbocycles. The lowest BCUT2D eigenvalue weighted by atomic mass is 10.3. The van der Waals surface area contributed by atoms with Gasteiger partial charge in [0, 0.05) is 25.4 Å². The number of ether oxygens (including phenoxy) is 2. The minimum absolute atomic E-state index is 0.332. The first-order chi connectivity index (χ1) is 6.43. The van der Waals surface area contributed by atoms with Crippen molar-refractivity contribution >= 4 is 8.07 Å². The van der Waals surface area contributed by atoms with Gasteiger partial charge < -0.3 is 9.47 Å². The van der Waals surface area contributed by atoms with Crippen LogP contribution in [0.1, 0.15) is 20.8 Å². The van der Waals surface area contributed by atoms with Crippen LogP contribution < -0.4 is 0 Å². The van der Waals surface area contributed by atoms with E-state index in [0.29, 0.717) is 11.6 Å². The van der Waals surface area contributed by atoms with Crippen molar-refractivity contribution in [2.45, 2.75) is 52.1 Å². The molecule has 3 heteroatoms. The Labute approximate surface area is 90.0 Å². The summed E-state index contributed by atoms with van der Waals surface area (Å²) in [6.07, 6.45) is 0.332. The molecule has 2 atom stereocenters. The van der Waals surface area contributed by atoms with Gasteiger partial charge in [-0.05, 0) is 20.8 Å². The highest BCUT2D eigenvalue weighted by Gasteiger charge is 2.31. The van der Waals surface area contributed by atoms with Gasteiger partial charge in [0.1, 0.15) is 0 Å². The van der Waals surface area contributed by atoms with Crippen molar-refractivity contribution in [3.05, 3.63) is 0 Å². The Balaban J connectivity index is 4.23. The predicted molar refractivity (Wildman–Crippen MR) is 64.7 cm³/mol. The van der Waals surface area contributed by atoms with E-state index in [1.807, 2.05) is 6.92 Å². The van der Waals surface area contributed by atoms with Gasteiger partial charge in [0.2, 0.25) is 0 Å². The van der Waals surface area contributed by atoms with Crippen molar-refractivity contribution in [2.75, 3.05) is 19.8 Å². The lowest BCUT2D eigenvalue weighted by Gasteiger charge is -2.33. The molecule has 0 aromatic rings. The minimum Gasteiger partial charge on any atom is -0.382 e. The second-order valence-electron chi connectivity index (χ2n) is 4.79. The van der Waals surface area contributed by atoms with Crippen LogP contribution in [-0.2, 0) is 9.47 Å². The van der Waals surface area contributed by atoms with E-state index in [-0.39, 0.29) is 0 Å². The zero-order valence-corrected chi connectivity index (χ0v) is 11.6. The van der Waals surface area contributed by atoms with Gasteiger partial charge in [0.25, 0.3) is 0 Å². The molecular formula is C11H26O2Si. The van der Waals surface area contributed by atoms with Crippen LogP contribution in [0.2, 0.25) is 25.2 Å². The lowest BCUT2D eigenvalue weighted by molar-refractivity contribution is 0.0389. The molecule has 0 rings (SSSR count). The summed E-state index contributed by atoms with van der Waals surface area (Å²) in [4.78, 5) is 0. The molecule has 0 aromatic carbocycles. The largest absolute Gasteiger partial charge is 0.382 e. The van der Waals surface area contributed by atoms with Crippen LogP contribution in [-0.4, -0.2) is 34.0 Å². The summed E-state index contributed by atoms with van der Waals surface area (Å²) in [5.41, 5.74) is 0.599. The third kappa shape index (κ3) is 5.13. The van der Waals surface area contributed by atoms with E-state index in [1.165, 1.54) is 0 Å². The van der Waals surface area contributed by atoms with Crippen LogP contribution in [0, 0.1) is 0 Å². The molecule has 0 N–H and O–H groups in total. The number of hydrogen-bond donors (Lipinski definition) is 0. The molecule has 0 saturated heterocycles. The summed E-state index contributed by atoms with van der Waals surface area (Å²) in [6, 6.07) is 0.